The Hall–Kier alpha value is -2.17. The summed E-state index contributed by atoms with van der Waals surface area (Å²) in [5.74, 6) is 0. The Morgan fingerprint density at radius 3 is 1.53 bits per heavy atom. The fourth-order valence-electron chi connectivity index (χ4n) is 5.30. The Labute approximate surface area is 222 Å². The van der Waals surface area contributed by atoms with Crippen molar-refractivity contribution in [3.8, 4) is 0 Å². The molecule has 0 amide bonds. The molecule has 0 radical (unpaired) electrons. The first-order valence-corrected chi connectivity index (χ1v) is 13.7. The maximum atomic E-state index is 9.83. The van der Waals surface area contributed by atoms with Crippen molar-refractivity contribution in [3.63, 3.8) is 0 Å². The summed E-state index contributed by atoms with van der Waals surface area (Å²) < 4.78 is 0. The van der Waals surface area contributed by atoms with Gasteiger partial charge in [-0.2, -0.15) is 0 Å². The summed E-state index contributed by atoms with van der Waals surface area (Å²) in [4.78, 5) is 4.96. The molecule has 192 valence electrons. The van der Waals surface area contributed by atoms with E-state index in [1.807, 2.05) is 25.1 Å². The van der Waals surface area contributed by atoms with Crippen LogP contribution in [0.4, 0.5) is 0 Å². The van der Waals surface area contributed by atoms with E-state index in [0.717, 1.165) is 57.1 Å². The van der Waals surface area contributed by atoms with Gasteiger partial charge in [0.05, 0.1) is 5.60 Å². The molecule has 2 heterocycles. The lowest BCUT2D eigenvalue weighted by molar-refractivity contribution is -0.00730. The number of hydrogen-bond acceptors (Lipinski definition) is 3. The number of likely N-dealkylation sites (tertiary alicyclic amines) is 2. The summed E-state index contributed by atoms with van der Waals surface area (Å²) in [5.41, 5.74) is 3.85. The van der Waals surface area contributed by atoms with Crippen molar-refractivity contribution in [2.24, 2.45) is 0 Å². The monoisotopic (exact) mass is 504 g/mol. The quantitative estimate of drug-likeness (QED) is 0.408. The Bertz CT molecular complexity index is 1050. The van der Waals surface area contributed by atoms with Crippen molar-refractivity contribution in [2.45, 2.75) is 63.6 Å². The molecule has 4 heteroatoms. The lowest BCUT2D eigenvalue weighted by Crippen LogP contribution is -2.41. The molecule has 3 aromatic rings. The molecule has 2 aliphatic rings. The second-order valence-electron chi connectivity index (χ2n) is 11.1. The molecule has 0 unspecified atom stereocenters. The number of benzene rings is 3. The van der Waals surface area contributed by atoms with E-state index < -0.39 is 5.60 Å². The van der Waals surface area contributed by atoms with Gasteiger partial charge < -0.3 is 5.11 Å². The summed E-state index contributed by atoms with van der Waals surface area (Å²) in [5, 5.41) is 10.7. The lowest BCUT2D eigenvalue weighted by atomic mass is 9.74. The Balaban J connectivity index is 0.000000179. The molecule has 36 heavy (non-hydrogen) atoms. The predicted octanol–water partition coefficient (Wildman–Crippen LogP) is 6.93. The number of rotatable bonds is 5. The Morgan fingerprint density at radius 2 is 1.06 bits per heavy atom. The molecular formula is C32H41ClN2O. The van der Waals surface area contributed by atoms with Crippen molar-refractivity contribution in [3.05, 3.63) is 107 Å². The van der Waals surface area contributed by atoms with Gasteiger partial charge in [-0.05, 0) is 73.9 Å². The van der Waals surface area contributed by atoms with Crippen LogP contribution in [0, 0.1) is 0 Å². The van der Waals surface area contributed by atoms with Gasteiger partial charge in [-0.3, -0.25) is 9.80 Å². The average molecular weight is 505 g/mol. The van der Waals surface area contributed by atoms with Gasteiger partial charge in [0.1, 0.15) is 0 Å². The number of halogens is 1. The van der Waals surface area contributed by atoms with E-state index >= 15 is 0 Å². The molecule has 0 saturated carbocycles. The standard InChI is InChI=1S/C19H22ClN.C13H19NO/c1-19(17-9-5-6-10-18(17)20)11-13-21(14-12-19)15-16-7-3-2-4-8-16;1-13(15)7-9-14(10-8-13)11-12-5-3-2-4-6-12/h2-10H,11-15H2,1H3;2-6,15H,7-11H2,1H3. The number of piperidine rings is 2. The third-order valence-corrected chi connectivity index (χ3v) is 8.24. The first kappa shape index (κ1) is 26.9. The minimum absolute atomic E-state index is 0.214. The van der Waals surface area contributed by atoms with E-state index in [-0.39, 0.29) is 5.41 Å². The zero-order valence-electron chi connectivity index (χ0n) is 21.9. The minimum atomic E-state index is -0.437. The van der Waals surface area contributed by atoms with Crippen molar-refractivity contribution in [1.82, 2.24) is 9.80 Å². The van der Waals surface area contributed by atoms with Crippen LogP contribution in [0.5, 0.6) is 0 Å². The number of hydrogen-bond donors (Lipinski definition) is 1. The largest absolute Gasteiger partial charge is 0.390 e. The van der Waals surface area contributed by atoms with Crippen LogP contribution in [0.3, 0.4) is 0 Å². The van der Waals surface area contributed by atoms with Gasteiger partial charge in [0.2, 0.25) is 0 Å². The number of aliphatic hydroxyl groups is 1. The molecule has 2 aliphatic heterocycles. The van der Waals surface area contributed by atoms with Crippen molar-refractivity contribution in [2.75, 3.05) is 26.2 Å². The molecule has 2 saturated heterocycles. The van der Waals surface area contributed by atoms with Gasteiger partial charge in [-0.1, -0.05) is 97.4 Å². The molecule has 0 aliphatic carbocycles. The zero-order chi connectivity index (χ0) is 25.4. The maximum Gasteiger partial charge on any atom is 0.0644 e. The molecule has 0 atom stereocenters. The van der Waals surface area contributed by atoms with Crippen LogP contribution in [-0.2, 0) is 18.5 Å². The van der Waals surface area contributed by atoms with Gasteiger partial charge in [-0.25, -0.2) is 0 Å². The summed E-state index contributed by atoms with van der Waals surface area (Å²) >= 11 is 6.40. The maximum absolute atomic E-state index is 9.83. The summed E-state index contributed by atoms with van der Waals surface area (Å²) in [6.07, 6.45) is 4.12. The molecule has 1 N–H and O–H groups in total. The van der Waals surface area contributed by atoms with E-state index in [1.54, 1.807) is 0 Å². The molecule has 5 rings (SSSR count). The average Bonchev–Trinajstić information content (AvgIpc) is 2.89. The third-order valence-electron chi connectivity index (χ3n) is 7.91. The highest BCUT2D eigenvalue weighted by Crippen LogP contribution is 2.38. The molecule has 0 spiro atoms. The normalized spacial score (nSPS) is 19.8. The van der Waals surface area contributed by atoms with Crippen molar-refractivity contribution < 1.29 is 5.11 Å². The first-order valence-electron chi connectivity index (χ1n) is 13.3. The topological polar surface area (TPSA) is 26.7 Å². The van der Waals surface area contributed by atoms with Crippen LogP contribution >= 0.6 is 11.6 Å². The van der Waals surface area contributed by atoms with Crippen LogP contribution in [-0.4, -0.2) is 46.7 Å². The SMILES string of the molecule is CC1(O)CCN(Cc2ccccc2)CC1.CC1(c2ccccc2Cl)CCN(Cc2ccccc2)CC1. The van der Waals surface area contributed by atoms with Gasteiger partial charge in [0.25, 0.3) is 0 Å². The number of nitrogens with zero attached hydrogens (tertiary/aromatic N) is 2. The van der Waals surface area contributed by atoms with Crippen LogP contribution in [0.1, 0.15) is 56.2 Å². The Kier molecular flexibility index (Phi) is 9.25. The van der Waals surface area contributed by atoms with Gasteiger partial charge in [0, 0.05) is 31.2 Å². The first-order chi connectivity index (χ1) is 17.3. The molecule has 0 aromatic heterocycles. The summed E-state index contributed by atoms with van der Waals surface area (Å²) in [7, 11) is 0. The summed E-state index contributed by atoms with van der Waals surface area (Å²) in [6, 6.07) is 29.6. The van der Waals surface area contributed by atoms with Gasteiger partial charge in [-0.15, -0.1) is 0 Å². The molecule has 2 fully saturated rings. The summed E-state index contributed by atoms with van der Waals surface area (Å²) in [6.45, 7) is 10.6. The van der Waals surface area contributed by atoms with Crippen LogP contribution in [0.2, 0.25) is 5.02 Å². The van der Waals surface area contributed by atoms with Gasteiger partial charge >= 0.3 is 0 Å². The highest BCUT2D eigenvalue weighted by molar-refractivity contribution is 6.31. The molecule has 3 nitrogen and oxygen atoms in total. The molecular weight excluding hydrogens is 464 g/mol. The van der Waals surface area contributed by atoms with E-state index in [4.69, 9.17) is 11.6 Å². The van der Waals surface area contributed by atoms with E-state index in [1.165, 1.54) is 29.5 Å². The van der Waals surface area contributed by atoms with Crippen LogP contribution in [0.25, 0.3) is 0 Å². The van der Waals surface area contributed by atoms with Crippen LogP contribution in [0.15, 0.2) is 84.9 Å². The Morgan fingerprint density at radius 1 is 0.639 bits per heavy atom. The minimum Gasteiger partial charge on any atom is -0.390 e. The zero-order valence-corrected chi connectivity index (χ0v) is 22.6. The second kappa shape index (κ2) is 12.4. The molecule has 3 aromatic carbocycles. The highest BCUT2D eigenvalue weighted by Gasteiger charge is 2.33. The van der Waals surface area contributed by atoms with E-state index in [0.29, 0.717) is 0 Å². The lowest BCUT2D eigenvalue weighted by Gasteiger charge is -2.40. The smallest absolute Gasteiger partial charge is 0.0644 e. The van der Waals surface area contributed by atoms with Crippen molar-refractivity contribution >= 4 is 11.6 Å². The molecule has 0 bridgehead atoms. The van der Waals surface area contributed by atoms with Gasteiger partial charge in [0.15, 0.2) is 0 Å². The highest BCUT2D eigenvalue weighted by atomic mass is 35.5. The van der Waals surface area contributed by atoms with Crippen molar-refractivity contribution in [1.29, 1.82) is 0 Å². The van der Waals surface area contributed by atoms with E-state index in [9.17, 15) is 5.11 Å². The fourth-order valence-corrected chi connectivity index (χ4v) is 5.66. The van der Waals surface area contributed by atoms with Crippen LogP contribution < -0.4 is 0 Å². The van der Waals surface area contributed by atoms with E-state index in [2.05, 4.69) is 83.5 Å². The third kappa shape index (κ3) is 7.66. The predicted molar refractivity (Wildman–Crippen MR) is 151 cm³/mol. The second-order valence-corrected chi connectivity index (χ2v) is 11.5. The fraction of sp³-hybridized carbons (Fsp3) is 0.438.